The maximum Gasteiger partial charge on any atom is 0.409 e. The monoisotopic (exact) mass is 262 g/mol. The number of piperazine rings is 1. The fourth-order valence-electron chi connectivity index (χ4n) is 3.22. The molecule has 1 unspecified atom stereocenters. The first-order chi connectivity index (χ1) is 9.11. The summed E-state index contributed by atoms with van der Waals surface area (Å²) in [4.78, 5) is 20.0. The zero-order valence-electron chi connectivity index (χ0n) is 11.1. The number of amides is 1. The fraction of sp³-hybridized carbons (Fsp3) is 0.538. The second kappa shape index (κ2) is 4.29. The van der Waals surface area contributed by atoms with Gasteiger partial charge in [0.05, 0.1) is 31.1 Å². The highest BCUT2D eigenvalue weighted by Gasteiger charge is 2.51. The zero-order valence-corrected chi connectivity index (χ0v) is 11.1. The topological polar surface area (TPSA) is 71.7 Å². The first-order valence-corrected chi connectivity index (χ1v) is 6.44. The lowest BCUT2D eigenvalue weighted by atomic mass is 10.0. The van der Waals surface area contributed by atoms with Gasteiger partial charge >= 0.3 is 6.09 Å². The molecular formula is C13H18N4O2. The first-order valence-electron chi connectivity index (χ1n) is 6.44. The molecule has 6 heteroatoms. The maximum absolute atomic E-state index is 11.7. The smallest absolute Gasteiger partial charge is 0.409 e. The van der Waals surface area contributed by atoms with E-state index in [0.717, 1.165) is 12.2 Å². The summed E-state index contributed by atoms with van der Waals surface area (Å²) in [6, 6.07) is 4.34. The van der Waals surface area contributed by atoms with Crippen LogP contribution in [0.4, 0.5) is 16.3 Å². The van der Waals surface area contributed by atoms with Crippen LogP contribution in [0.5, 0.6) is 0 Å². The largest absolute Gasteiger partial charge is 0.453 e. The third-order valence-corrected chi connectivity index (χ3v) is 4.29. The van der Waals surface area contributed by atoms with Crippen LogP contribution in [-0.4, -0.2) is 48.3 Å². The molecule has 0 saturated carbocycles. The Kier molecular flexibility index (Phi) is 2.73. The summed E-state index contributed by atoms with van der Waals surface area (Å²) in [5.74, 6) is 0.967. The Balaban J connectivity index is 1.80. The van der Waals surface area contributed by atoms with Crippen LogP contribution in [0.1, 0.15) is 6.92 Å². The molecular weight excluding hydrogens is 244 g/mol. The molecule has 0 aromatic carbocycles. The van der Waals surface area contributed by atoms with E-state index in [1.165, 1.54) is 7.11 Å². The van der Waals surface area contributed by atoms with Crippen molar-refractivity contribution in [3.05, 3.63) is 18.3 Å². The lowest BCUT2D eigenvalue weighted by Crippen LogP contribution is -2.48. The number of pyridine rings is 1. The van der Waals surface area contributed by atoms with Crippen LogP contribution in [0.3, 0.4) is 0 Å². The van der Waals surface area contributed by atoms with Crippen LogP contribution in [0.15, 0.2) is 18.3 Å². The van der Waals surface area contributed by atoms with Gasteiger partial charge in [0.15, 0.2) is 0 Å². The molecule has 1 aromatic heterocycles. The average Bonchev–Trinajstić information content (AvgIpc) is 2.91. The number of hydrogen-bond donors (Lipinski definition) is 1. The predicted octanol–water partition coefficient (Wildman–Crippen LogP) is 0.939. The molecule has 2 saturated heterocycles. The van der Waals surface area contributed by atoms with Gasteiger partial charge in [-0.05, 0) is 12.1 Å². The van der Waals surface area contributed by atoms with Crippen molar-refractivity contribution >= 4 is 17.6 Å². The Morgan fingerprint density at radius 1 is 1.42 bits per heavy atom. The minimum atomic E-state index is -0.227. The third kappa shape index (κ3) is 1.78. The van der Waals surface area contributed by atoms with E-state index in [1.54, 1.807) is 6.20 Å². The van der Waals surface area contributed by atoms with Gasteiger partial charge in [-0.25, -0.2) is 9.78 Å². The normalized spacial score (nSPS) is 28.8. The van der Waals surface area contributed by atoms with Crippen LogP contribution in [-0.2, 0) is 4.74 Å². The minimum Gasteiger partial charge on any atom is -0.453 e. The van der Waals surface area contributed by atoms with Gasteiger partial charge in [0.2, 0.25) is 0 Å². The first kappa shape index (κ1) is 12.1. The highest BCUT2D eigenvalue weighted by atomic mass is 16.5. The number of ether oxygens (including phenoxy) is 1. The summed E-state index contributed by atoms with van der Waals surface area (Å²) >= 11 is 0. The molecule has 6 nitrogen and oxygen atoms in total. The van der Waals surface area contributed by atoms with Crippen molar-refractivity contribution in [1.29, 1.82) is 0 Å². The van der Waals surface area contributed by atoms with Gasteiger partial charge in [-0.15, -0.1) is 0 Å². The molecule has 1 aromatic rings. The van der Waals surface area contributed by atoms with Gasteiger partial charge < -0.3 is 20.3 Å². The Labute approximate surface area is 112 Å². The van der Waals surface area contributed by atoms with Gasteiger partial charge in [0, 0.05) is 19.0 Å². The number of carbonyl (C=O) groups is 1. The molecule has 0 spiro atoms. The van der Waals surface area contributed by atoms with E-state index in [4.69, 9.17) is 10.5 Å². The van der Waals surface area contributed by atoms with E-state index in [9.17, 15) is 4.79 Å². The standard InChI is InChI=1S/C13H18N4O2/c1-8-10-7-17(13(18)19-2)11(8)6-16(10)9-3-4-12(14)15-5-9/h3-5,8,10-11H,6-7H2,1-2H3,(H2,14,15)/t8-,10+,11?/m1/s1. The second-order valence-corrected chi connectivity index (χ2v) is 5.21. The van der Waals surface area contributed by atoms with Crippen molar-refractivity contribution in [3.8, 4) is 0 Å². The number of fused-ring (bicyclic) bond motifs is 2. The number of aromatic nitrogens is 1. The van der Waals surface area contributed by atoms with Crippen LogP contribution < -0.4 is 10.6 Å². The molecule has 102 valence electrons. The maximum atomic E-state index is 11.7. The molecule has 2 bridgehead atoms. The number of likely N-dealkylation sites (tertiary alicyclic amines) is 1. The van der Waals surface area contributed by atoms with Crippen LogP contribution in [0, 0.1) is 5.92 Å². The highest BCUT2D eigenvalue weighted by Crippen LogP contribution is 2.38. The van der Waals surface area contributed by atoms with E-state index < -0.39 is 0 Å². The van der Waals surface area contributed by atoms with E-state index in [0.29, 0.717) is 24.3 Å². The van der Waals surface area contributed by atoms with Crippen molar-refractivity contribution in [2.24, 2.45) is 5.92 Å². The van der Waals surface area contributed by atoms with Crippen molar-refractivity contribution in [3.63, 3.8) is 0 Å². The number of hydrogen-bond acceptors (Lipinski definition) is 5. The molecule has 2 N–H and O–H groups in total. The van der Waals surface area contributed by atoms with E-state index >= 15 is 0 Å². The molecule has 0 aliphatic carbocycles. The molecule has 0 radical (unpaired) electrons. The number of methoxy groups -OCH3 is 1. The second-order valence-electron chi connectivity index (χ2n) is 5.21. The van der Waals surface area contributed by atoms with E-state index in [-0.39, 0.29) is 12.1 Å². The van der Waals surface area contributed by atoms with Crippen molar-refractivity contribution in [1.82, 2.24) is 9.88 Å². The highest BCUT2D eigenvalue weighted by molar-refractivity contribution is 5.70. The van der Waals surface area contributed by atoms with E-state index in [2.05, 4.69) is 16.8 Å². The quantitative estimate of drug-likeness (QED) is 0.815. The van der Waals surface area contributed by atoms with Crippen LogP contribution in [0.2, 0.25) is 0 Å². The Bertz CT molecular complexity index is 490. The molecule has 1 amide bonds. The summed E-state index contributed by atoms with van der Waals surface area (Å²) < 4.78 is 4.83. The minimum absolute atomic E-state index is 0.218. The molecule has 19 heavy (non-hydrogen) atoms. The van der Waals surface area contributed by atoms with Gasteiger partial charge in [-0.2, -0.15) is 0 Å². The predicted molar refractivity (Wildman–Crippen MR) is 71.8 cm³/mol. The van der Waals surface area contributed by atoms with Gasteiger partial charge in [-0.1, -0.05) is 6.92 Å². The molecule has 2 aliphatic rings. The van der Waals surface area contributed by atoms with Gasteiger partial charge in [-0.3, -0.25) is 0 Å². The molecule has 3 atom stereocenters. The Hall–Kier alpha value is -1.98. The number of carbonyl (C=O) groups excluding carboxylic acids is 1. The van der Waals surface area contributed by atoms with Crippen molar-refractivity contribution in [2.75, 3.05) is 30.8 Å². The third-order valence-electron chi connectivity index (χ3n) is 4.29. The lowest BCUT2D eigenvalue weighted by molar-refractivity contribution is 0.114. The summed E-state index contributed by atoms with van der Waals surface area (Å²) in [7, 11) is 1.43. The summed E-state index contributed by atoms with van der Waals surface area (Å²) in [6.45, 7) is 3.72. The Morgan fingerprint density at radius 3 is 2.74 bits per heavy atom. The van der Waals surface area contributed by atoms with Crippen LogP contribution in [0.25, 0.3) is 0 Å². The summed E-state index contributed by atoms with van der Waals surface area (Å²) in [6.07, 6.45) is 1.57. The van der Waals surface area contributed by atoms with Gasteiger partial charge in [0.1, 0.15) is 5.82 Å². The van der Waals surface area contributed by atoms with Crippen molar-refractivity contribution in [2.45, 2.75) is 19.0 Å². The summed E-state index contributed by atoms with van der Waals surface area (Å²) in [5.41, 5.74) is 6.68. The SMILES string of the molecule is COC(=O)N1C[C@H]2[C@@H](C)C1CN2c1ccc(N)nc1. The molecule has 3 heterocycles. The van der Waals surface area contributed by atoms with E-state index in [1.807, 2.05) is 17.0 Å². The van der Waals surface area contributed by atoms with Gasteiger partial charge in [0.25, 0.3) is 0 Å². The number of nitrogens with zero attached hydrogens (tertiary/aromatic N) is 3. The number of nitrogens with two attached hydrogens (primary N) is 1. The fourth-order valence-corrected chi connectivity index (χ4v) is 3.22. The lowest BCUT2D eigenvalue weighted by Gasteiger charge is -2.34. The Morgan fingerprint density at radius 2 is 2.21 bits per heavy atom. The zero-order chi connectivity index (χ0) is 13.6. The number of nitrogen functional groups attached to an aromatic ring is 1. The van der Waals surface area contributed by atoms with Crippen LogP contribution >= 0.6 is 0 Å². The molecule has 2 fully saturated rings. The van der Waals surface area contributed by atoms with Crippen molar-refractivity contribution < 1.29 is 9.53 Å². The molecule has 2 aliphatic heterocycles. The number of anilines is 2. The number of rotatable bonds is 1. The average molecular weight is 262 g/mol. The summed E-state index contributed by atoms with van der Waals surface area (Å²) in [5, 5.41) is 0. The molecule has 3 rings (SSSR count).